The Bertz CT molecular complexity index is 928. The Morgan fingerprint density at radius 3 is 2.11 bits per heavy atom. The Labute approximate surface area is 211 Å². The molecule has 5 aliphatic carbocycles. The average Bonchev–Trinajstić information content (AvgIpc) is 2.76. The van der Waals surface area contributed by atoms with Crippen LogP contribution in [0.5, 0.6) is 0 Å². The lowest BCUT2D eigenvalue weighted by Crippen LogP contribution is -2.70. The van der Waals surface area contributed by atoms with E-state index in [1.807, 2.05) is 0 Å². The minimum absolute atomic E-state index is 0.0316. The molecule has 5 aliphatic rings. The summed E-state index contributed by atoms with van der Waals surface area (Å²) in [6, 6.07) is 0. The molecule has 198 valence electrons. The standard InChI is InChI=1S/C30H48O5/c1-25(2)11-12-26(3)13-14-28(5)18(19(26)15-25)7-8-21-27(4)16-20(32)23(33)30(17-31,24(34)35)22(27)9-10-29(21,28)6/h18-22,31-32H,7-17H2,1-6H3,(H,34,35)/t18-,19-,20?,21-,22?,26-,27-,28-,29-,30?/m1/s1. The number of aliphatic hydroxyl groups is 2. The maximum atomic E-state index is 13.1. The van der Waals surface area contributed by atoms with Gasteiger partial charge in [0.25, 0.3) is 0 Å². The number of carboxylic acid groups (broad SMARTS) is 1. The number of aliphatic carboxylic acids is 1. The fourth-order valence-corrected chi connectivity index (χ4v) is 11.3. The summed E-state index contributed by atoms with van der Waals surface area (Å²) < 4.78 is 0. The van der Waals surface area contributed by atoms with Gasteiger partial charge in [-0.2, -0.15) is 0 Å². The minimum Gasteiger partial charge on any atom is -0.480 e. The van der Waals surface area contributed by atoms with Gasteiger partial charge in [-0.15, -0.1) is 0 Å². The van der Waals surface area contributed by atoms with E-state index >= 15 is 0 Å². The van der Waals surface area contributed by atoms with Gasteiger partial charge in [-0.05, 0) is 115 Å². The lowest BCUT2D eigenvalue weighted by atomic mass is 9.31. The van der Waals surface area contributed by atoms with E-state index in [4.69, 9.17) is 0 Å². The van der Waals surface area contributed by atoms with Crippen molar-refractivity contribution in [2.45, 2.75) is 112 Å². The first-order valence-corrected chi connectivity index (χ1v) is 14.2. The van der Waals surface area contributed by atoms with Crippen molar-refractivity contribution in [2.24, 2.45) is 56.2 Å². The number of carbonyl (C=O) groups is 2. The van der Waals surface area contributed by atoms with Crippen molar-refractivity contribution in [3.8, 4) is 0 Å². The van der Waals surface area contributed by atoms with Crippen LogP contribution in [-0.4, -0.2) is 39.8 Å². The van der Waals surface area contributed by atoms with Gasteiger partial charge >= 0.3 is 5.97 Å². The maximum absolute atomic E-state index is 13.1. The monoisotopic (exact) mass is 488 g/mol. The molecule has 5 saturated carbocycles. The van der Waals surface area contributed by atoms with E-state index in [1.54, 1.807) is 0 Å². The lowest BCUT2D eigenvalue weighted by Gasteiger charge is -2.73. The molecule has 5 heteroatoms. The van der Waals surface area contributed by atoms with Crippen LogP contribution in [0.3, 0.4) is 0 Å². The maximum Gasteiger partial charge on any atom is 0.320 e. The average molecular weight is 489 g/mol. The van der Waals surface area contributed by atoms with E-state index in [9.17, 15) is 24.9 Å². The number of rotatable bonds is 2. The van der Waals surface area contributed by atoms with Crippen LogP contribution < -0.4 is 0 Å². The summed E-state index contributed by atoms with van der Waals surface area (Å²) in [4.78, 5) is 25.7. The largest absolute Gasteiger partial charge is 0.480 e. The molecular formula is C30H48O5. The lowest BCUT2D eigenvalue weighted by molar-refractivity contribution is -0.251. The van der Waals surface area contributed by atoms with E-state index in [0.717, 1.165) is 25.2 Å². The zero-order chi connectivity index (χ0) is 25.8. The molecule has 0 heterocycles. The normalized spacial score (nSPS) is 55.2. The third-order valence-corrected chi connectivity index (χ3v) is 13.5. The molecule has 5 nitrogen and oxygen atoms in total. The van der Waals surface area contributed by atoms with Crippen LogP contribution in [0.25, 0.3) is 0 Å². The van der Waals surface area contributed by atoms with Crippen molar-refractivity contribution < 1.29 is 24.9 Å². The van der Waals surface area contributed by atoms with Gasteiger partial charge < -0.3 is 15.3 Å². The van der Waals surface area contributed by atoms with Crippen molar-refractivity contribution >= 4 is 11.8 Å². The van der Waals surface area contributed by atoms with Crippen LogP contribution in [0.15, 0.2) is 0 Å². The topological polar surface area (TPSA) is 94.8 Å². The SMILES string of the molecule is CC1(C)CC[C@]2(C)CC[C@]3(C)[C@H](CC[C@@H]4[C@@]5(C)CC(O)C(=O)C(CO)(C(=O)O)C5CC[C@]43C)[C@H]2C1. The van der Waals surface area contributed by atoms with Gasteiger partial charge in [0, 0.05) is 0 Å². The Balaban J connectivity index is 1.57. The molecule has 0 aromatic rings. The Morgan fingerprint density at radius 2 is 1.49 bits per heavy atom. The van der Waals surface area contributed by atoms with Gasteiger partial charge in [-0.25, -0.2) is 0 Å². The van der Waals surface area contributed by atoms with E-state index < -0.39 is 41.2 Å². The molecular weight excluding hydrogens is 440 g/mol. The predicted molar refractivity (Wildman–Crippen MR) is 135 cm³/mol. The summed E-state index contributed by atoms with van der Waals surface area (Å²) in [6.07, 6.45) is 9.12. The molecule has 0 aromatic heterocycles. The number of Topliss-reactive ketones (excluding diaryl/α,β-unsaturated/α-hetero) is 1. The number of hydrogen-bond acceptors (Lipinski definition) is 4. The molecule has 0 aromatic carbocycles. The third kappa shape index (κ3) is 3.06. The van der Waals surface area contributed by atoms with Crippen LogP contribution in [-0.2, 0) is 9.59 Å². The smallest absolute Gasteiger partial charge is 0.320 e. The minimum atomic E-state index is -1.88. The second-order valence-electron chi connectivity index (χ2n) is 15.3. The first-order valence-electron chi connectivity index (χ1n) is 14.2. The summed E-state index contributed by atoms with van der Waals surface area (Å²) in [6.45, 7) is 13.9. The third-order valence-electron chi connectivity index (χ3n) is 13.5. The predicted octanol–water partition coefficient (Wildman–Crippen LogP) is 5.46. The van der Waals surface area contributed by atoms with Crippen LogP contribution >= 0.6 is 0 Å². The van der Waals surface area contributed by atoms with Crippen LogP contribution in [0, 0.1) is 56.2 Å². The highest BCUT2D eigenvalue weighted by molar-refractivity contribution is 6.06. The second kappa shape index (κ2) is 7.56. The fraction of sp³-hybridized carbons (Fsp3) is 0.933. The fourth-order valence-electron chi connectivity index (χ4n) is 11.3. The molecule has 0 radical (unpaired) electrons. The summed E-state index contributed by atoms with van der Waals surface area (Å²) in [7, 11) is 0. The van der Waals surface area contributed by atoms with Gasteiger partial charge in [0.1, 0.15) is 6.10 Å². The van der Waals surface area contributed by atoms with Crippen molar-refractivity contribution in [1.29, 1.82) is 0 Å². The highest BCUT2D eigenvalue weighted by atomic mass is 16.4. The van der Waals surface area contributed by atoms with Crippen molar-refractivity contribution in [1.82, 2.24) is 0 Å². The molecule has 0 spiro atoms. The van der Waals surface area contributed by atoms with Crippen molar-refractivity contribution in [3.05, 3.63) is 0 Å². The molecule has 35 heavy (non-hydrogen) atoms. The number of carbonyl (C=O) groups excluding carboxylic acids is 1. The first-order chi connectivity index (χ1) is 16.1. The number of hydrogen-bond donors (Lipinski definition) is 3. The summed E-state index contributed by atoms with van der Waals surface area (Å²) >= 11 is 0. The molecule has 10 atom stereocenters. The zero-order valence-corrected chi connectivity index (χ0v) is 22.8. The summed E-state index contributed by atoms with van der Waals surface area (Å²) in [5.41, 5.74) is -1.36. The Kier molecular flexibility index (Phi) is 5.55. The van der Waals surface area contributed by atoms with E-state index in [2.05, 4.69) is 41.5 Å². The number of carboxylic acids is 1. The number of ketones is 1. The van der Waals surface area contributed by atoms with E-state index in [-0.39, 0.29) is 16.7 Å². The number of fused-ring (bicyclic) bond motifs is 7. The first kappa shape index (κ1) is 25.7. The number of aliphatic hydroxyl groups excluding tert-OH is 2. The molecule has 5 fully saturated rings. The molecule has 5 rings (SSSR count). The molecule has 0 amide bonds. The van der Waals surface area contributed by atoms with Crippen LogP contribution in [0.4, 0.5) is 0 Å². The van der Waals surface area contributed by atoms with E-state index in [1.165, 1.54) is 32.1 Å². The summed E-state index contributed by atoms with van der Waals surface area (Å²) in [5, 5.41) is 31.5. The summed E-state index contributed by atoms with van der Waals surface area (Å²) in [5.74, 6) is -0.752. The molecule has 3 N–H and O–H groups in total. The van der Waals surface area contributed by atoms with Gasteiger partial charge in [0.05, 0.1) is 6.61 Å². The van der Waals surface area contributed by atoms with Gasteiger partial charge in [0.15, 0.2) is 11.2 Å². The highest BCUT2D eigenvalue weighted by Gasteiger charge is 2.73. The van der Waals surface area contributed by atoms with Crippen molar-refractivity contribution in [3.63, 3.8) is 0 Å². The van der Waals surface area contributed by atoms with Crippen LogP contribution in [0.1, 0.15) is 106 Å². The van der Waals surface area contributed by atoms with Crippen LogP contribution in [0.2, 0.25) is 0 Å². The molecule has 0 saturated heterocycles. The molecule has 0 bridgehead atoms. The zero-order valence-electron chi connectivity index (χ0n) is 22.8. The quantitative estimate of drug-likeness (QED) is 0.448. The van der Waals surface area contributed by atoms with Crippen molar-refractivity contribution in [2.75, 3.05) is 6.61 Å². The van der Waals surface area contributed by atoms with Gasteiger partial charge in [-0.3, -0.25) is 9.59 Å². The van der Waals surface area contributed by atoms with E-state index in [0.29, 0.717) is 29.6 Å². The molecule has 3 unspecified atom stereocenters. The second-order valence-corrected chi connectivity index (χ2v) is 15.3. The van der Waals surface area contributed by atoms with Gasteiger partial charge in [0.2, 0.25) is 0 Å². The Morgan fingerprint density at radius 1 is 0.829 bits per heavy atom. The highest BCUT2D eigenvalue weighted by Crippen LogP contribution is 2.76. The molecule has 0 aliphatic heterocycles. The Hall–Kier alpha value is -0.940. The van der Waals surface area contributed by atoms with Gasteiger partial charge in [-0.1, -0.05) is 41.5 Å².